The lowest BCUT2D eigenvalue weighted by molar-refractivity contribution is -0.140. The third-order valence-corrected chi connectivity index (χ3v) is 10.6. The largest absolute Gasteiger partial charge is 0.500 e. The molecule has 0 bridgehead atoms. The van der Waals surface area contributed by atoms with Gasteiger partial charge in [0.15, 0.2) is 0 Å². The van der Waals surface area contributed by atoms with Gasteiger partial charge in [-0.3, -0.25) is 0 Å². The summed E-state index contributed by atoms with van der Waals surface area (Å²) >= 11 is 0. The standard InChI is InChI=1S/C16H34O10Si3/c1-19-28(20-2,21-3)11-7-9-25-15(17)13-14(27)16(18)26-10-8-12-29(22-4,23-5)24-6/h13H,7-12H2,1-6,27H3/b14-13+. The van der Waals surface area contributed by atoms with Crippen LogP contribution in [0, 0.1) is 0 Å². The van der Waals surface area contributed by atoms with E-state index in [2.05, 4.69) is 0 Å². The van der Waals surface area contributed by atoms with Crippen LogP contribution >= 0.6 is 0 Å². The molecule has 0 aliphatic carbocycles. The van der Waals surface area contributed by atoms with Gasteiger partial charge in [-0.2, -0.15) is 0 Å². The molecule has 10 nitrogen and oxygen atoms in total. The van der Waals surface area contributed by atoms with Crippen molar-refractivity contribution in [3.63, 3.8) is 0 Å². The Labute approximate surface area is 177 Å². The van der Waals surface area contributed by atoms with Crippen molar-refractivity contribution < 1.29 is 45.6 Å². The van der Waals surface area contributed by atoms with Gasteiger partial charge in [-0.1, -0.05) is 0 Å². The SMILES string of the molecule is CO[Si](CCCOC(=O)/C=C(/[SiH3])C(=O)OCCC[Si](OC)(OC)OC)(OC)OC. The van der Waals surface area contributed by atoms with Crippen molar-refractivity contribution in [3.05, 3.63) is 11.3 Å². The van der Waals surface area contributed by atoms with Crippen LogP contribution in [0.25, 0.3) is 0 Å². The van der Waals surface area contributed by atoms with Crippen molar-refractivity contribution in [2.24, 2.45) is 0 Å². The maximum absolute atomic E-state index is 12.0. The van der Waals surface area contributed by atoms with Crippen molar-refractivity contribution in [1.82, 2.24) is 0 Å². The Morgan fingerprint density at radius 3 is 1.48 bits per heavy atom. The second-order valence-corrected chi connectivity index (χ2v) is 13.2. The van der Waals surface area contributed by atoms with Gasteiger partial charge in [-0.05, 0) is 12.8 Å². The molecule has 0 aliphatic heterocycles. The predicted octanol–water partition coefficient (Wildman–Crippen LogP) is -0.141. The predicted molar refractivity (Wildman–Crippen MR) is 112 cm³/mol. The number of esters is 2. The smallest absolute Gasteiger partial charge is 0.463 e. The highest BCUT2D eigenvalue weighted by Gasteiger charge is 2.37. The van der Waals surface area contributed by atoms with E-state index in [9.17, 15) is 9.59 Å². The first-order valence-corrected chi connectivity index (χ1v) is 14.0. The third-order valence-electron chi connectivity index (χ3n) is 4.25. The fourth-order valence-electron chi connectivity index (χ4n) is 2.42. The fraction of sp³-hybridized carbons (Fsp3) is 0.750. The molecule has 0 heterocycles. The average molecular weight is 471 g/mol. The number of ether oxygens (including phenoxy) is 2. The number of rotatable bonds is 16. The van der Waals surface area contributed by atoms with E-state index in [4.69, 9.17) is 36.0 Å². The summed E-state index contributed by atoms with van der Waals surface area (Å²) in [5, 5.41) is 0.290. The van der Waals surface area contributed by atoms with Gasteiger partial charge >= 0.3 is 29.5 Å². The van der Waals surface area contributed by atoms with Crippen molar-refractivity contribution in [3.8, 4) is 0 Å². The van der Waals surface area contributed by atoms with Crippen LogP contribution in [-0.2, 0) is 45.6 Å². The summed E-state index contributed by atoms with van der Waals surface area (Å²) in [6, 6.07) is 1.03. The molecule has 0 saturated heterocycles. The highest BCUT2D eigenvalue weighted by Crippen LogP contribution is 2.16. The first-order chi connectivity index (χ1) is 13.8. The lowest BCUT2D eigenvalue weighted by atomic mass is 10.4. The van der Waals surface area contributed by atoms with Crippen LogP contribution in [0.1, 0.15) is 12.8 Å². The first-order valence-electron chi connectivity index (χ1n) is 9.10. The van der Waals surface area contributed by atoms with Crippen LogP contribution in [0.4, 0.5) is 0 Å². The molecule has 0 atom stereocenters. The van der Waals surface area contributed by atoms with Gasteiger partial charge in [0.2, 0.25) is 0 Å². The van der Waals surface area contributed by atoms with Crippen LogP contribution in [0.2, 0.25) is 12.1 Å². The zero-order valence-electron chi connectivity index (χ0n) is 18.4. The molecule has 0 rings (SSSR count). The van der Waals surface area contributed by atoms with Gasteiger partial charge in [-0.15, -0.1) is 0 Å². The van der Waals surface area contributed by atoms with E-state index >= 15 is 0 Å². The highest BCUT2D eigenvalue weighted by atomic mass is 28.4. The fourth-order valence-corrected chi connectivity index (χ4v) is 6.18. The summed E-state index contributed by atoms with van der Waals surface area (Å²) in [6.07, 6.45) is 2.21. The van der Waals surface area contributed by atoms with E-state index in [1.165, 1.54) is 48.7 Å². The summed E-state index contributed by atoms with van der Waals surface area (Å²) in [6.45, 7) is 0.345. The van der Waals surface area contributed by atoms with Crippen molar-refractivity contribution in [2.75, 3.05) is 55.9 Å². The zero-order chi connectivity index (χ0) is 22.3. The van der Waals surface area contributed by atoms with Crippen molar-refractivity contribution >= 4 is 39.8 Å². The molecule has 0 N–H and O–H groups in total. The molecule has 0 aromatic heterocycles. The number of carbonyl (C=O) groups excluding carboxylic acids is 2. The summed E-state index contributed by atoms with van der Waals surface area (Å²) < 4.78 is 42.1. The topological polar surface area (TPSA) is 108 Å². The van der Waals surface area contributed by atoms with E-state index in [1.54, 1.807) is 0 Å². The summed E-state index contributed by atoms with van der Waals surface area (Å²) in [4.78, 5) is 23.9. The Morgan fingerprint density at radius 2 is 1.10 bits per heavy atom. The Hall–Kier alpha value is -0.909. The van der Waals surface area contributed by atoms with Gasteiger partial charge in [0.1, 0.15) is 0 Å². The highest BCUT2D eigenvalue weighted by molar-refractivity contribution is 6.60. The summed E-state index contributed by atoms with van der Waals surface area (Å²) in [5.41, 5.74) is 0. The molecule has 13 heteroatoms. The van der Waals surface area contributed by atoms with Crippen LogP contribution in [-0.4, -0.2) is 95.7 Å². The summed E-state index contributed by atoms with van der Waals surface area (Å²) in [5.74, 6) is -1.12. The van der Waals surface area contributed by atoms with E-state index in [0.717, 1.165) is 0 Å². The molecule has 0 unspecified atom stereocenters. The minimum atomic E-state index is -2.68. The van der Waals surface area contributed by atoms with Gasteiger partial charge < -0.3 is 36.0 Å². The average Bonchev–Trinajstić information content (AvgIpc) is 2.74. The zero-order valence-corrected chi connectivity index (χ0v) is 22.4. The quantitative estimate of drug-likeness (QED) is 0.131. The normalized spacial score (nSPS) is 12.8. The molecule has 0 aromatic carbocycles. The summed E-state index contributed by atoms with van der Waals surface area (Å²) in [7, 11) is 4.14. The van der Waals surface area contributed by atoms with Crippen LogP contribution < -0.4 is 0 Å². The molecule has 0 aliphatic rings. The van der Waals surface area contributed by atoms with Crippen LogP contribution in [0.5, 0.6) is 0 Å². The molecule has 0 saturated carbocycles. The number of hydrogen-bond acceptors (Lipinski definition) is 10. The maximum Gasteiger partial charge on any atom is 0.500 e. The van der Waals surface area contributed by atoms with E-state index < -0.39 is 29.5 Å². The Balaban J connectivity index is 4.28. The molecule has 29 heavy (non-hydrogen) atoms. The first kappa shape index (κ1) is 28.1. The van der Waals surface area contributed by atoms with Gasteiger partial charge in [0.25, 0.3) is 0 Å². The number of hydrogen-bond donors (Lipinski definition) is 0. The Bertz CT molecular complexity index is 505. The molecule has 0 spiro atoms. The van der Waals surface area contributed by atoms with Crippen LogP contribution in [0.3, 0.4) is 0 Å². The van der Waals surface area contributed by atoms with Crippen LogP contribution in [0.15, 0.2) is 11.3 Å². The lowest BCUT2D eigenvalue weighted by Gasteiger charge is -2.24. The van der Waals surface area contributed by atoms with E-state index in [-0.39, 0.29) is 18.4 Å². The van der Waals surface area contributed by atoms with Crippen molar-refractivity contribution in [1.29, 1.82) is 0 Å². The minimum Gasteiger partial charge on any atom is -0.463 e. The Kier molecular flexibility index (Phi) is 14.5. The van der Waals surface area contributed by atoms with Crippen molar-refractivity contribution in [2.45, 2.75) is 24.9 Å². The van der Waals surface area contributed by atoms with Gasteiger partial charge in [0.05, 0.1) is 13.2 Å². The molecular weight excluding hydrogens is 436 g/mol. The van der Waals surface area contributed by atoms with Gasteiger partial charge in [0, 0.05) is 76.3 Å². The molecule has 170 valence electrons. The molecule has 0 amide bonds. The second-order valence-electron chi connectivity index (χ2n) is 5.93. The van der Waals surface area contributed by atoms with E-state index in [0.29, 0.717) is 35.2 Å². The van der Waals surface area contributed by atoms with Gasteiger partial charge in [-0.25, -0.2) is 9.59 Å². The molecule has 0 radical (unpaired) electrons. The third kappa shape index (κ3) is 10.1. The number of carbonyl (C=O) groups is 2. The maximum atomic E-state index is 12.0. The molecule has 0 aromatic rings. The molecular formula is C16H34O10Si3. The monoisotopic (exact) mass is 470 g/mol. The van der Waals surface area contributed by atoms with E-state index in [1.807, 2.05) is 0 Å². The molecule has 0 fully saturated rings. The lowest BCUT2D eigenvalue weighted by Crippen LogP contribution is -2.42. The minimum absolute atomic E-state index is 0.168. The second kappa shape index (κ2) is 15.0. The Morgan fingerprint density at radius 1 is 0.724 bits per heavy atom.